The minimum atomic E-state index is -0.343. The van der Waals surface area contributed by atoms with Gasteiger partial charge in [0.25, 0.3) is 5.91 Å². The fourth-order valence-corrected chi connectivity index (χ4v) is 2.52. The molecule has 0 aliphatic heterocycles. The molecular formula is C19H17ClN2O4. The first-order valence-electron chi connectivity index (χ1n) is 7.94. The highest BCUT2D eigenvalue weighted by Crippen LogP contribution is 2.29. The van der Waals surface area contributed by atoms with E-state index in [2.05, 4.69) is 10.5 Å². The van der Waals surface area contributed by atoms with Crippen LogP contribution < -0.4 is 14.8 Å². The lowest BCUT2D eigenvalue weighted by atomic mass is 10.1. The Labute approximate surface area is 155 Å². The molecular weight excluding hydrogens is 356 g/mol. The topological polar surface area (TPSA) is 73.6 Å². The number of benzene rings is 2. The van der Waals surface area contributed by atoms with Crippen molar-refractivity contribution in [1.29, 1.82) is 0 Å². The summed E-state index contributed by atoms with van der Waals surface area (Å²) in [6.45, 7) is 0.630. The summed E-state index contributed by atoms with van der Waals surface area (Å²) < 4.78 is 16.1. The van der Waals surface area contributed by atoms with E-state index in [0.717, 1.165) is 5.56 Å². The van der Waals surface area contributed by atoms with Crippen molar-refractivity contribution in [2.45, 2.75) is 0 Å². The first-order chi connectivity index (χ1) is 12.7. The summed E-state index contributed by atoms with van der Waals surface area (Å²) >= 11 is 5.89. The molecule has 0 aliphatic rings. The van der Waals surface area contributed by atoms with Gasteiger partial charge in [0.1, 0.15) is 18.1 Å². The van der Waals surface area contributed by atoms with E-state index < -0.39 is 0 Å². The Balaban J connectivity index is 1.55. The van der Waals surface area contributed by atoms with E-state index in [9.17, 15) is 4.79 Å². The summed E-state index contributed by atoms with van der Waals surface area (Å²) in [4.78, 5) is 12.2. The van der Waals surface area contributed by atoms with Crippen molar-refractivity contribution < 1.29 is 18.8 Å². The Morgan fingerprint density at radius 1 is 1.19 bits per heavy atom. The number of aromatic nitrogens is 1. The van der Waals surface area contributed by atoms with E-state index in [1.807, 2.05) is 24.3 Å². The molecule has 0 bridgehead atoms. The summed E-state index contributed by atoms with van der Waals surface area (Å²) in [7, 11) is 1.57. The third-order valence-electron chi connectivity index (χ3n) is 3.57. The molecule has 3 aromatic rings. The molecule has 0 fully saturated rings. The van der Waals surface area contributed by atoms with E-state index in [1.165, 1.54) is 0 Å². The number of ether oxygens (including phenoxy) is 2. The van der Waals surface area contributed by atoms with Crippen LogP contribution in [0.2, 0.25) is 5.02 Å². The summed E-state index contributed by atoms with van der Waals surface area (Å²) in [6, 6.07) is 16.0. The van der Waals surface area contributed by atoms with Crippen LogP contribution in [0.15, 0.2) is 59.1 Å². The number of hydrogen-bond donors (Lipinski definition) is 1. The van der Waals surface area contributed by atoms with Gasteiger partial charge in [0.2, 0.25) is 0 Å². The van der Waals surface area contributed by atoms with Gasteiger partial charge < -0.3 is 19.3 Å². The van der Waals surface area contributed by atoms with Gasteiger partial charge in [-0.3, -0.25) is 4.79 Å². The average Bonchev–Trinajstić information content (AvgIpc) is 3.15. The van der Waals surface area contributed by atoms with Crippen LogP contribution in [0.5, 0.6) is 11.5 Å². The molecule has 0 radical (unpaired) electrons. The van der Waals surface area contributed by atoms with E-state index >= 15 is 0 Å². The third kappa shape index (κ3) is 4.34. The third-order valence-corrected chi connectivity index (χ3v) is 3.80. The summed E-state index contributed by atoms with van der Waals surface area (Å²) in [5.74, 6) is 1.41. The molecule has 1 aromatic heterocycles. The van der Waals surface area contributed by atoms with Gasteiger partial charge in [0.05, 0.1) is 19.2 Å². The zero-order valence-electron chi connectivity index (χ0n) is 14.1. The minimum absolute atomic E-state index is 0.189. The average molecular weight is 373 g/mol. The van der Waals surface area contributed by atoms with Crippen molar-refractivity contribution in [3.63, 3.8) is 0 Å². The second-order valence-electron chi connectivity index (χ2n) is 5.34. The highest BCUT2D eigenvalue weighted by Gasteiger charge is 2.15. The normalized spacial score (nSPS) is 10.4. The number of amides is 1. The lowest BCUT2D eigenvalue weighted by molar-refractivity contribution is 0.0938. The Morgan fingerprint density at radius 2 is 2.04 bits per heavy atom. The number of nitrogens with zero attached hydrogens (tertiary/aromatic N) is 1. The number of halogens is 1. The predicted octanol–water partition coefficient (Wildman–Crippen LogP) is 3.81. The van der Waals surface area contributed by atoms with Crippen molar-refractivity contribution in [2.75, 3.05) is 20.3 Å². The molecule has 7 heteroatoms. The number of para-hydroxylation sites is 1. The highest BCUT2D eigenvalue weighted by atomic mass is 35.5. The molecule has 0 saturated heterocycles. The minimum Gasteiger partial charge on any atom is -0.496 e. The van der Waals surface area contributed by atoms with Crippen LogP contribution in [0.25, 0.3) is 11.3 Å². The van der Waals surface area contributed by atoms with Crippen molar-refractivity contribution >= 4 is 17.5 Å². The first kappa shape index (κ1) is 17.8. The van der Waals surface area contributed by atoms with Gasteiger partial charge in [0.15, 0.2) is 11.5 Å². The molecule has 0 aliphatic carbocycles. The fourth-order valence-electron chi connectivity index (χ4n) is 2.34. The quantitative estimate of drug-likeness (QED) is 0.638. The number of nitrogens with one attached hydrogen (secondary N) is 1. The van der Waals surface area contributed by atoms with Gasteiger partial charge >= 0.3 is 0 Å². The maximum absolute atomic E-state index is 12.2. The number of methoxy groups -OCH3 is 1. The highest BCUT2D eigenvalue weighted by molar-refractivity contribution is 6.30. The molecule has 134 valence electrons. The number of rotatable bonds is 7. The first-order valence-corrected chi connectivity index (χ1v) is 8.32. The Morgan fingerprint density at radius 3 is 2.85 bits per heavy atom. The Kier molecular flexibility index (Phi) is 5.76. The smallest absolute Gasteiger partial charge is 0.273 e. The van der Waals surface area contributed by atoms with Gasteiger partial charge in [-0.05, 0) is 30.3 Å². The Hall–Kier alpha value is -2.99. The van der Waals surface area contributed by atoms with Crippen molar-refractivity contribution in [3.05, 3.63) is 65.3 Å². The Bertz CT molecular complexity index is 895. The largest absolute Gasteiger partial charge is 0.496 e. The van der Waals surface area contributed by atoms with Crippen LogP contribution in [0.1, 0.15) is 10.5 Å². The monoisotopic (exact) mass is 372 g/mol. The van der Waals surface area contributed by atoms with Crippen molar-refractivity contribution in [2.24, 2.45) is 0 Å². The van der Waals surface area contributed by atoms with Gasteiger partial charge in [-0.1, -0.05) is 35.0 Å². The standard InChI is InChI=1S/C19H17ClN2O4/c1-24-17-8-3-2-7-15(17)18-12-16(22-26-18)19(23)21-9-10-25-14-6-4-5-13(20)11-14/h2-8,11-12H,9-10H2,1H3,(H,21,23). The maximum atomic E-state index is 12.2. The van der Waals surface area contributed by atoms with Crippen molar-refractivity contribution in [3.8, 4) is 22.8 Å². The van der Waals surface area contributed by atoms with E-state index in [1.54, 1.807) is 37.4 Å². The van der Waals surface area contributed by atoms with Gasteiger partial charge in [-0.2, -0.15) is 0 Å². The van der Waals surface area contributed by atoms with Crippen LogP contribution >= 0.6 is 11.6 Å². The molecule has 1 amide bonds. The van der Waals surface area contributed by atoms with Gasteiger partial charge in [-0.15, -0.1) is 0 Å². The van der Waals surface area contributed by atoms with Crippen molar-refractivity contribution in [1.82, 2.24) is 10.5 Å². The maximum Gasteiger partial charge on any atom is 0.273 e. The lowest BCUT2D eigenvalue weighted by Gasteiger charge is -2.06. The zero-order valence-corrected chi connectivity index (χ0v) is 14.8. The molecule has 0 spiro atoms. The predicted molar refractivity (Wildman–Crippen MR) is 97.8 cm³/mol. The molecule has 0 saturated carbocycles. The molecule has 0 unspecified atom stereocenters. The second kappa shape index (κ2) is 8.40. The van der Waals surface area contributed by atoms with Crippen LogP contribution in [0, 0.1) is 0 Å². The molecule has 1 N–H and O–H groups in total. The van der Waals surface area contributed by atoms with Gasteiger partial charge in [0, 0.05) is 11.1 Å². The van der Waals surface area contributed by atoms with Gasteiger partial charge in [-0.25, -0.2) is 0 Å². The molecule has 26 heavy (non-hydrogen) atoms. The lowest BCUT2D eigenvalue weighted by Crippen LogP contribution is -2.28. The zero-order chi connectivity index (χ0) is 18.4. The van der Waals surface area contributed by atoms with E-state index in [-0.39, 0.29) is 11.6 Å². The summed E-state index contributed by atoms with van der Waals surface area (Å²) in [5, 5.41) is 7.14. The van der Waals surface area contributed by atoms with Crippen LogP contribution in [0.4, 0.5) is 0 Å². The van der Waals surface area contributed by atoms with Crippen LogP contribution in [-0.2, 0) is 0 Å². The second-order valence-corrected chi connectivity index (χ2v) is 5.77. The van der Waals surface area contributed by atoms with Crippen LogP contribution in [0.3, 0.4) is 0 Å². The number of carbonyl (C=O) groups excluding carboxylic acids is 1. The molecule has 3 rings (SSSR count). The SMILES string of the molecule is COc1ccccc1-c1cc(C(=O)NCCOc2cccc(Cl)c2)no1. The molecule has 0 atom stereocenters. The molecule has 6 nitrogen and oxygen atoms in total. The van der Waals surface area contributed by atoms with E-state index in [4.69, 9.17) is 25.6 Å². The molecule has 2 aromatic carbocycles. The summed E-state index contributed by atoms with van der Waals surface area (Å²) in [5.41, 5.74) is 0.916. The van der Waals surface area contributed by atoms with E-state index in [0.29, 0.717) is 35.4 Å². The number of carbonyl (C=O) groups is 1. The van der Waals surface area contributed by atoms with Crippen LogP contribution in [-0.4, -0.2) is 31.3 Å². The number of hydrogen-bond acceptors (Lipinski definition) is 5. The summed E-state index contributed by atoms with van der Waals surface area (Å²) in [6.07, 6.45) is 0. The fraction of sp³-hybridized carbons (Fsp3) is 0.158. The molecule has 1 heterocycles.